The van der Waals surface area contributed by atoms with E-state index in [1.165, 1.54) is 25.7 Å². The summed E-state index contributed by atoms with van der Waals surface area (Å²) in [6.45, 7) is 2.01. The van der Waals surface area contributed by atoms with Crippen LogP contribution in [-0.4, -0.2) is 11.6 Å². The average molecular weight is 325 g/mol. The molecule has 3 atom stereocenters. The molecule has 0 spiro atoms. The van der Waals surface area contributed by atoms with Crippen molar-refractivity contribution in [2.24, 2.45) is 22.9 Å². The molecule has 2 bridgehead atoms. The lowest BCUT2D eigenvalue weighted by Gasteiger charge is -2.21. The average Bonchev–Trinajstić information content (AvgIpc) is 3.07. The lowest BCUT2D eigenvalue weighted by atomic mass is 9.86. The van der Waals surface area contributed by atoms with Crippen LogP contribution < -0.4 is 5.43 Å². The van der Waals surface area contributed by atoms with Gasteiger partial charge in [-0.25, -0.2) is 5.43 Å². The molecule has 1 aromatic rings. The molecule has 0 radical (unpaired) electrons. The van der Waals surface area contributed by atoms with Crippen molar-refractivity contribution in [3.05, 3.63) is 33.8 Å². The third-order valence-electron chi connectivity index (χ3n) is 4.78. The first kappa shape index (κ1) is 14.9. The Morgan fingerprint density at radius 2 is 2.10 bits per heavy atom. The molecule has 2 fully saturated rings. The Hall–Kier alpha value is -1.06. The molecule has 21 heavy (non-hydrogen) atoms. The highest BCUT2D eigenvalue weighted by Gasteiger charge is 2.40. The van der Waals surface area contributed by atoms with Gasteiger partial charge in [-0.2, -0.15) is 5.10 Å². The largest absolute Gasteiger partial charge is 0.272 e. The van der Waals surface area contributed by atoms with Crippen LogP contribution in [0.3, 0.4) is 0 Å². The number of fused-ring (bicyclic) bond motifs is 2. The van der Waals surface area contributed by atoms with E-state index in [9.17, 15) is 4.79 Å². The van der Waals surface area contributed by atoms with Crippen molar-refractivity contribution in [1.29, 1.82) is 0 Å². The van der Waals surface area contributed by atoms with Crippen LogP contribution in [-0.2, 0) is 0 Å². The number of carbonyl (C=O) groups excluding carboxylic acids is 1. The number of halogens is 2. The summed E-state index contributed by atoms with van der Waals surface area (Å²) in [5.74, 6) is 1.87. The molecular weight excluding hydrogens is 307 g/mol. The van der Waals surface area contributed by atoms with Gasteiger partial charge in [0.25, 0.3) is 5.91 Å². The molecule has 1 aromatic carbocycles. The van der Waals surface area contributed by atoms with E-state index < -0.39 is 0 Å². The van der Waals surface area contributed by atoms with E-state index in [2.05, 4.69) is 10.5 Å². The van der Waals surface area contributed by atoms with Crippen LogP contribution >= 0.6 is 23.2 Å². The minimum Gasteiger partial charge on any atom is -0.267 e. The molecule has 2 aliphatic carbocycles. The van der Waals surface area contributed by atoms with Gasteiger partial charge in [0.2, 0.25) is 0 Å². The SMILES string of the molecule is C/C(=N/NC(=O)c1ccc(Cl)cc1Cl)[C@@H]1C[C@@H]2CC[C@@H]1C2. The van der Waals surface area contributed by atoms with Gasteiger partial charge < -0.3 is 0 Å². The van der Waals surface area contributed by atoms with Crippen LogP contribution in [0.25, 0.3) is 0 Å². The molecule has 3 nitrogen and oxygen atoms in total. The Morgan fingerprint density at radius 3 is 2.71 bits per heavy atom. The van der Waals surface area contributed by atoms with E-state index in [1.807, 2.05) is 6.92 Å². The summed E-state index contributed by atoms with van der Waals surface area (Å²) < 4.78 is 0. The fraction of sp³-hybridized carbons (Fsp3) is 0.500. The monoisotopic (exact) mass is 324 g/mol. The summed E-state index contributed by atoms with van der Waals surface area (Å²) >= 11 is 11.9. The maximum Gasteiger partial charge on any atom is 0.272 e. The first-order valence-corrected chi connectivity index (χ1v) is 8.09. The molecule has 0 aliphatic heterocycles. The van der Waals surface area contributed by atoms with Gasteiger partial charge >= 0.3 is 0 Å². The molecule has 3 rings (SSSR count). The van der Waals surface area contributed by atoms with E-state index in [0.29, 0.717) is 21.5 Å². The zero-order valence-electron chi connectivity index (χ0n) is 11.9. The third-order valence-corrected chi connectivity index (χ3v) is 5.33. The van der Waals surface area contributed by atoms with E-state index >= 15 is 0 Å². The number of carbonyl (C=O) groups is 1. The minimum atomic E-state index is -0.292. The number of rotatable bonds is 3. The lowest BCUT2D eigenvalue weighted by molar-refractivity contribution is 0.0954. The summed E-state index contributed by atoms with van der Waals surface area (Å²) in [5, 5.41) is 5.14. The van der Waals surface area contributed by atoms with Gasteiger partial charge in [0.1, 0.15) is 0 Å². The Labute approximate surface area is 134 Å². The van der Waals surface area contributed by atoms with Gasteiger partial charge in [-0.15, -0.1) is 0 Å². The van der Waals surface area contributed by atoms with E-state index in [4.69, 9.17) is 23.2 Å². The highest BCUT2D eigenvalue weighted by molar-refractivity contribution is 6.36. The van der Waals surface area contributed by atoms with Crippen molar-refractivity contribution in [2.75, 3.05) is 0 Å². The maximum absolute atomic E-state index is 12.1. The van der Waals surface area contributed by atoms with Crippen molar-refractivity contribution in [1.82, 2.24) is 5.43 Å². The summed E-state index contributed by atoms with van der Waals surface area (Å²) in [6, 6.07) is 4.82. The smallest absolute Gasteiger partial charge is 0.267 e. The number of amides is 1. The van der Waals surface area contributed by atoms with Gasteiger partial charge in [-0.05, 0) is 56.2 Å². The van der Waals surface area contributed by atoms with E-state index in [-0.39, 0.29) is 5.91 Å². The molecule has 2 aliphatic rings. The zero-order valence-corrected chi connectivity index (χ0v) is 13.4. The molecule has 0 saturated heterocycles. The van der Waals surface area contributed by atoms with Crippen LogP contribution in [0.2, 0.25) is 10.0 Å². The topological polar surface area (TPSA) is 41.5 Å². The highest BCUT2D eigenvalue weighted by Crippen LogP contribution is 2.48. The second-order valence-corrected chi connectivity index (χ2v) is 6.94. The van der Waals surface area contributed by atoms with Gasteiger partial charge in [0, 0.05) is 16.7 Å². The molecule has 0 unspecified atom stereocenters. The normalized spacial score (nSPS) is 28.0. The number of nitrogens with one attached hydrogen (secondary N) is 1. The molecule has 112 valence electrons. The third kappa shape index (κ3) is 3.09. The van der Waals surface area contributed by atoms with Crippen LogP contribution in [0, 0.1) is 17.8 Å². The zero-order chi connectivity index (χ0) is 15.0. The maximum atomic E-state index is 12.1. The molecule has 1 N–H and O–H groups in total. The summed E-state index contributed by atoms with van der Waals surface area (Å²) in [4.78, 5) is 12.1. The van der Waals surface area contributed by atoms with Crippen LogP contribution in [0.1, 0.15) is 43.0 Å². The van der Waals surface area contributed by atoms with Crippen LogP contribution in [0.5, 0.6) is 0 Å². The fourth-order valence-electron chi connectivity index (χ4n) is 3.71. The van der Waals surface area contributed by atoms with E-state index in [0.717, 1.165) is 17.5 Å². The van der Waals surface area contributed by atoms with Crippen LogP contribution in [0.15, 0.2) is 23.3 Å². The Bertz CT molecular complexity index is 600. The van der Waals surface area contributed by atoms with Crippen molar-refractivity contribution >= 4 is 34.8 Å². The Balaban J connectivity index is 1.66. The van der Waals surface area contributed by atoms with Gasteiger partial charge in [-0.3, -0.25) is 4.79 Å². The Morgan fingerprint density at radius 1 is 1.29 bits per heavy atom. The molecule has 0 aromatic heterocycles. The predicted molar refractivity (Wildman–Crippen MR) is 86.0 cm³/mol. The second kappa shape index (κ2) is 5.98. The number of hydrogen-bond acceptors (Lipinski definition) is 2. The number of benzene rings is 1. The van der Waals surface area contributed by atoms with Crippen molar-refractivity contribution in [3.63, 3.8) is 0 Å². The fourth-order valence-corrected chi connectivity index (χ4v) is 4.21. The van der Waals surface area contributed by atoms with Gasteiger partial charge in [0.05, 0.1) is 10.6 Å². The van der Waals surface area contributed by atoms with Crippen molar-refractivity contribution in [2.45, 2.75) is 32.6 Å². The van der Waals surface area contributed by atoms with Gasteiger partial charge in [0.15, 0.2) is 0 Å². The number of hydrazone groups is 1. The molecule has 1 amide bonds. The molecular formula is C16H18Cl2N2O. The first-order valence-electron chi connectivity index (χ1n) is 7.34. The summed E-state index contributed by atoms with van der Waals surface area (Å²) in [5.41, 5.74) is 4.04. The molecule has 5 heteroatoms. The van der Waals surface area contributed by atoms with Crippen LogP contribution in [0.4, 0.5) is 0 Å². The minimum absolute atomic E-state index is 0.292. The molecule has 0 heterocycles. The standard InChI is InChI=1S/C16H18Cl2N2O/c1-9(14-7-10-2-3-11(14)6-10)19-20-16(21)13-5-4-12(17)8-15(13)18/h4-5,8,10-11,14H,2-3,6-7H2,1H3,(H,20,21)/b19-9-/t10-,11-,14+/m1/s1. The summed E-state index contributed by atoms with van der Waals surface area (Å²) in [6.07, 6.45) is 5.21. The number of nitrogens with zero attached hydrogens (tertiary/aromatic N) is 1. The second-order valence-electron chi connectivity index (χ2n) is 6.10. The quantitative estimate of drug-likeness (QED) is 0.643. The van der Waals surface area contributed by atoms with E-state index in [1.54, 1.807) is 18.2 Å². The highest BCUT2D eigenvalue weighted by atomic mass is 35.5. The number of hydrogen-bond donors (Lipinski definition) is 1. The Kier molecular flexibility index (Phi) is 4.23. The van der Waals surface area contributed by atoms with Gasteiger partial charge in [-0.1, -0.05) is 29.6 Å². The lowest BCUT2D eigenvalue weighted by Crippen LogP contribution is -2.24. The first-order chi connectivity index (χ1) is 10.0. The predicted octanol–water partition coefficient (Wildman–Crippen LogP) is 4.54. The molecule has 2 saturated carbocycles. The van der Waals surface area contributed by atoms with Crippen molar-refractivity contribution in [3.8, 4) is 0 Å². The summed E-state index contributed by atoms with van der Waals surface area (Å²) in [7, 11) is 0. The van der Waals surface area contributed by atoms with Crippen molar-refractivity contribution < 1.29 is 4.79 Å².